The summed E-state index contributed by atoms with van der Waals surface area (Å²) in [6.45, 7) is 2.93. The zero-order chi connectivity index (χ0) is 9.10. The van der Waals surface area contributed by atoms with Crippen LogP contribution in [0.15, 0.2) is 30.3 Å². The molecular formula is C10H12BrN2. The Hall–Kier alpha value is -0.540. The first-order chi connectivity index (χ1) is 6.36. The minimum atomic E-state index is 0.293. The highest BCUT2D eigenvalue weighted by molar-refractivity contribution is 9.09. The molecule has 1 aromatic rings. The van der Waals surface area contributed by atoms with Crippen molar-refractivity contribution in [2.75, 3.05) is 24.5 Å². The van der Waals surface area contributed by atoms with Crippen molar-refractivity contribution in [1.82, 2.24) is 5.32 Å². The Labute approximate surface area is 87.1 Å². The van der Waals surface area contributed by atoms with E-state index in [-0.39, 0.29) is 0 Å². The van der Waals surface area contributed by atoms with E-state index in [0.717, 1.165) is 19.6 Å². The van der Waals surface area contributed by atoms with Gasteiger partial charge in [0.15, 0.2) is 0 Å². The topological polar surface area (TPSA) is 17.3 Å². The van der Waals surface area contributed by atoms with Crippen LogP contribution in [0.3, 0.4) is 0 Å². The maximum absolute atomic E-state index is 4.38. The highest BCUT2D eigenvalue weighted by Crippen LogP contribution is 2.16. The fourth-order valence-electron chi connectivity index (χ4n) is 1.52. The molecule has 1 saturated heterocycles. The van der Waals surface area contributed by atoms with Crippen molar-refractivity contribution >= 4 is 21.6 Å². The Morgan fingerprint density at radius 2 is 2.08 bits per heavy atom. The quantitative estimate of drug-likeness (QED) is 0.540. The van der Waals surface area contributed by atoms with Gasteiger partial charge in [-0.15, -0.1) is 0 Å². The van der Waals surface area contributed by atoms with Crippen LogP contribution in [0.2, 0.25) is 0 Å². The van der Waals surface area contributed by atoms with Gasteiger partial charge in [-0.2, -0.15) is 0 Å². The Balaban J connectivity index is 2.08. The van der Waals surface area contributed by atoms with Gasteiger partial charge in [-0.3, -0.25) is 0 Å². The fraction of sp³-hybridized carbons (Fsp3) is 0.400. The minimum absolute atomic E-state index is 0.293. The summed E-state index contributed by atoms with van der Waals surface area (Å²) in [6, 6.07) is 10.5. The second-order valence-electron chi connectivity index (χ2n) is 3.12. The van der Waals surface area contributed by atoms with Crippen LogP contribution in [0.4, 0.5) is 5.69 Å². The van der Waals surface area contributed by atoms with E-state index in [1.54, 1.807) is 0 Å². The fourth-order valence-corrected chi connectivity index (χ4v) is 2.08. The van der Waals surface area contributed by atoms with Crippen LogP contribution in [-0.2, 0) is 0 Å². The molecule has 1 aliphatic rings. The molecule has 1 radical (unpaired) electrons. The van der Waals surface area contributed by atoms with Crippen LogP contribution in [-0.4, -0.2) is 24.6 Å². The number of halogens is 1. The number of alkyl halides is 1. The number of anilines is 1. The summed E-state index contributed by atoms with van der Waals surface area (Å²) in [7, 11) is 0. The van der Waals surface area contributed by atoms with E-state index in [2.05, 4.69) is 50.4 Å². The maximum Gasteiger partial charge on any atom is 0.0971 e. The number of para-hydroxylation sites is 1. The Morgan fingerprint density at radius 3 is 2.77 bits per heavy atom. The van der Waals surface area contributed by atoms with Gasteiger partial charge in [-0.05, 0) is 12.1 Å². The molecule has 1 heterocycles. The molecule has 13 heavy (non-hydrogen) atoms. The molecule has 0 N–H and O–H groups in total. The first-order valence-electron chi connectivity index (χ1n) is 4.47. The largest absolute Gasteiger partial charge is 0.368 e. The molecule has 1 unspecified atom stereocenters. The predicted octanol–water partition coefficient (Wildman–Crippen LogP) is 1.83. The third kappa shape index (κ3) is 2.23. The molecule has 1 aliphatic heterocycles. The number of piperazine rings is 1. The first-order valence-corrected chi connectivity index (χ1v) is 5.38. The summed E-state index contributed by atoms with van der Waals surface area (Å²) in [6.07, 6.45) is 0. The van der Waals surface area contributed by atoms with Crippen molar-refractivity contribution in [1.29, 1.82) is 0 Å². The number of hydrogen-bond acceptors (Lipinski definition) is 1. The van der Waals surface area contributed by atoms with E-state index >= 15 is 0 Å². The van der Waals surface area contributed by atoms with E-state index < -0.39 is 0 Å². The van der Waals surface area contributed by atoms with E-state index in [0.29, 0.717) is 4.95 Å². The molecule has 2 rings (SSSR count). The van der Waals surface area contributed by atoms with Crippen molar-refractivity contribution in [3.05, 3.63) is 30.3 Å². The first kappa shape index (κ1) is 9.03. The van der Waals surface area contributed by atoms with Crippen LogP contribution < -0.4 is 10.2 Å². The van der Waals surface area contributed by atoms with Crippen LogP contribution in [0.1, 0.15) is 0 Å². The van der Waals surface area contributed by atoms with Gasteiger partial charge in [0.2, 0.25) is 0 Å². The van der Waals surface area contributed by atoms with Crippen LogP contribution >= 0.6 is 15.9 Å². The van der Waals surface area contributed by atoms with E-state index in [1.807, 2.05) is 6.07 Å². The molecule has 69 valence electrons. The number of rotatable bonds is 1. The summed E-state index contributed by atoms with van der Waals surface area (Å²) in [5, 5.41) is 4.38. The van der Waals surface area contributed by atoms with Crippen LogP contribution in [0.25, 0.3) is 0 Å². The average Bonchev–Trinajstić information content (AvgIpc) is 2.19. The second-order valence-corrected chi connectivity index (χ2v) is 4.18. The molecule has 2 nitrogen and oxygen atoms in total. The Kier molecular flexibility index (Phi) is 2.86. The lowest BCUT2D eigenvalue weighted by Crippen LogP contribution is -2.44. The van der Waals surface area contributed by atoms with E-state index in [4.69, 9.17) is 0 Å². The monoisotopic (exact) mass is 239 g/mol. The predicted molar refractivity (Wildman–Crippen MR) is 58.4 cm³/mol. The molecule has 0 aromatic heterocycles. The molecule has 0 bridgehead atoms. The second kappa shape index (κ2) is 4.11. The van der Waals surface area contributed by atoms with Crippen molar-refractivity contribution in [3.8, 4) is 0 Å². The third-order valence-electron chi connectivity index (χ3n) is 2.19. The number of nitrogens with zero attached hydrogens (tertiary/aromatic N) is 2. The van der Waals surface area contributed by atoms with Crippen molar-refractivity contribution in [2.24, 2.45) is 0 Å². The van der Waals surface area contributed by atoms with Crippen molar-refractivity contribution < 1.29 is 0 Å². The summed E-state index contributed by atoms with van der Waals surface area (Å²) in [5.74, 6) is 0. The van der Waals surface area contributed by atoms with E-state index in [1.165, 1.54) is 5.69 Å². The van der Waals surface area contributed by atoms with Crippen molar-refractivity contribution in [3.63, 3.8) is 0 Å². The lowest BCUT2D eigenvalue weighted by molar-refractivity contribution is 0.555. The summed E-state index contributed by atoms with van der Waals surface area (Å²) in [5.41, 5.74) is 1.29. The molecule has 0 amide bonds. The zero-order valence-corrected chi connectivity index (χ0v) is 8.94. The highest BCUT2D eigenvalue weighted by atomic mass is 79.9. The van der Waals surface area contributed by atoms with Gasteiger partial charge >= 0.3 is 0 Å². The smallest absolute Gasteiger partial charge is 0.0971 e. The summed E-state index contributed by atoms with van der Waals surface area (Å²) >= 11 is 3.52. The molecule has 3 heteroatoms. The Bertz CT molecular complexity index is 263. The SMILES string of the molecule is BrC1CN(c2ccccc2)CC[N]1. The summed E-state index contributed by atoms with van der Waals surface area (Å²) < 4.78 is 0. The highest BCUT2D eigenvalue weighted by Gasteiger charge is 2.17. The maximum atomic E-state index is 4.38. The van der Waals surface area contributed by atoms with Gasteiger partial charge in [0.25, 0.3) is 0 Å². The molecular weight excluding hydrogens is 228 g/mol. The van der Waals surface area contributed by atoms with Gasteiger partial charge in [0, 0.05) is 25.3 Å². The van der Waals surface area contributed by atoms with Gasteiger partial charge in [0.05, 0.1) is 4.95 Å². The lowest BCUT2D eigenvalue weighted by atomic mass is 10.2. The van der Waals surface area contributed by atoms with Gasteiger partial charge in [0.1, 0.15) is 0 Å². The average molecular weight is 240 g/mol. The third-order valence-corrected chi connectivity index (χ3v) is 2.77. The zero-order valence-electron chi connectivity index (χ0n) is 7.36. The van der Waals surface area contributed by atoms with Gasteiger partial charge in [-0.1, -0.05) is 34.1 Å². The minimum Gasteiger partial charge on any atom is -0.368 e. The molecule has 0 aliphatic carbocycles. The van der Waals surface area contributed by atoms with Gasteiger partial charge < -0.3 is 4.90 Å². The van der Waals surface area contributed by atoms with Crippen molar-refractivity contribution in [2.45, 2.75) is 4.95 Å². The molecule has 1 atom stereocenters. The molecule has 1 aromatic carbocycles. The standard InChI is InChI=1S/C10H12BrN2/c11-10-8-13(7-6-12-10)9-4-2-1-3-5-9/h1-5,10H,6-8H2. The molecule has 0 saturated carbocycles. The Morgan fingerprint density at radius 1 is 1.31 bits per heavy atom. The molecule has 0 spiro atoms. The summed E-state index contributed by atoms with van der Waals surface area (Å²) in [4.78, 5) is 2.65. The normalized spacial score (nSPS) is 23.2. The number of benzene rings is 1. The van der Waals surface area contributed by atoms with Crippen LogP contribution in [0, 0.1) is 0 Å². The number of hydrogen-bond donors (Lipinski definition) is 0. The van der Waals surface area contributed by atoms with Crippen LogP contribution in [0.5, 0.6) is 0 Å². The van der Waals surface area contributed by atoms with E-state index in [9.17, 15) is 0 Å². The van der Waals surface area contributed by atoms with Gasteiger partial charge in [-0.25, -0.2) is 5.32 Å². The molecule has 1 fully saturated rings. The lowest BCUT2D eigenvalue weighted by Gasteiger charge is -2.31.